The van der Waals surface area contributed by atoms with Gasteiger partial charge >= 0.3 is 6.03 Å². The number of nitrogens with one attached hydrogen (secondary N) is 1. The molecule has 0 radical (unpaired) electrons. The lowest BCUT2D eigenvalue weighted by Crippen LogP contribution is -2.38. The van der Waals surface area contributed by atoms with E-state index in [2.05, 4.69) is 10.5 Å². The van der Waals surface area contributed by atoms with E-state index in [4.69, 9.17) is 27.7 Å². The third-order valence-corrected chi connectivity index (χ3v) is 3.91. The first-order valence-corrected chi connectivity index (χ1v) is 6.82. The zero-order chi connectivity index (χ0) is 14.1. The lowest BCUT2D eigenvalue weighted by atomic mass is 10.1. The van der Waals surface area contributed by atoms with Crippen LogP contribution >= 0.6 is 23.2 Å². The van der Waals surface area contributed by atoms with Crippen LogP contribution in [0.25, 0.3) is 0 Å². The highest BCUT2D eigenvalue weighted by atomic mass is 35.5. The molecular formula is C13H11Cl2N3O2. The minimum Gasteiger partial charge on any atom is -0.364 e. The van der Waals surface area contributed by atoms with E-state index in [1.165, 1.54) is 0 Å². The number of fused-ring (bicyclic) bond motifs is 1. The van der Waals surface area contributed by atoms with Gasteiger partial charge in [0.05, 0.1) is 22.3 Å². The molecule has 7 heteroatoms. The van der Waals surface area contributed by atoms with Crippen LogP contribution in [0.1, 0.15) is 11.3 Å². The average Bonchev–Trinajstić information content (AvgIpc) is 2.90. The van der Waals surface area contributed by atoms with Crippen LogP contribution in [0.4, 0.5) is 10.5 Å². The highest BCUT2D eigenvalue weighted by Crippen LogP contribution is 2.25. The molecule has 0 spiro atoms. The Morgan fingerprint density at radius 3 is 3.00 bits per heavy atom. The SMILES string of the molecule is O=C(Nc1ccc(Cl)c(Cl)c1)N1CCc2nocc2C1. The van der Waals surface area contributed by atoms with E-state index in [9.17, 15) is 4.79 Å². The topological polar surface area (TPSA) is 58.4 Å². The molecule has 20 heavy (non-hydrogen) atoms. The van der Waals surface area contributed by atoms with Crippen LogP contribution in [0.15, 0.2) is 29.0 Å². The van der Waals surface area contributed by atoms with Crippen LogP contribution in [0, 0.1) is 0 Å². The number of halogens is 2. The quantitative estimate of drug-likeness (QED) is 0.875. The first-order chi connectivity index (χ1) is 9.63. The fraction of sp³-hybridized carbons (Fsp3) is 0.231. The van der Waals surface area contributed by atoms with Crippen molar-refractivity contribution in [2.45, 2.75) is 13.0 Å². The van der Waals surface area contributed by atoms with Crippen molar-refractivity contribution in [2.75, 3.05) is 11.9 Å². The number of benzene rings is 1. The van der Waals surface area contributed by atoms with E-state index in [1.807, 2.05) is 0 Å². The van der Waals surface area contributed by atoms with Crippen LogP contribution in [0.3, 0.4) is 0 Å². The molecule has 1 aromatic carbocycles. The molecule has 0 saturated carbocycles. The summed E-state index contributed by atoms with van der Waals surface area (Å²) in [5, 5.41) is 7.55. The second-order valence-electron chi connectivity index (χ2n) is 4.52. The Bertz CT molecular complexity index is 657. The summed E-state index contributed by atoms with van der Waals surface area (Å²) in [6, 6.07) is 4.79. The predicted molar refractivity (Wildman–Crippen MR) is 76.1 cm³/mol. The van der Waals surface area contributed by atoms with Gasteiger partial charge in [0.2, 0.25) is 0 Å². The van der Waals surface area contributed by atoms with Crippen LogP contribution in [-0.2, 0) is 13.0 Å². The summed E-state index contributed by atoms with van der Waals surface area (Å²) >= 11 is 11.8. The summed E-state index contributed by atoms with van der Waals surface area (Å²) < 4.78 is 4.90. The first kappa shape index (κ1) is 13.3. The van der Waals surface area contributed by atoms with Crippen molar-refractivity contribution >= 4 is 34.9 Å². The number of rotatable bonds is 1. The molecule has 2 heterocycles. The highest BCUT2D eigenvalue weighted by molar-refractivity contribution is 6.42. The lowest BCUT2D eigenvalue weighted by molar-refractivity contribution is 0.206. The normalized spacial score (nSPS) is 14.0. The third kappa shape index (κ3) is 2.59. The van der Waals surface area contributed by atoms with Gasteiger partial charge < -0.3 is 14.7 Å². The molecule has 0 saturated heterocycles. The molecule has 2 amide bonds. The number of hydrogen-bond donors (Lipinski definition) is 1. The number of urea groups is 1. The number of anilines is 1. The maximum atomic E-state index is 12.2. The van der Waals surface area contributed by atoms with Gasteiger partial charge in [-0.3, -0.25) is 0 Å². The largest absolute Gasteiger partial charge is 0.364 e. The molecule has 104 valence electrons. The van der Waals surface area contributed by atoms with Gasteiger partial charge in [-0.1, -0.05) is 28.4 Å². The number of carbonyl (C=O) groups excluding carboxylic acids is 1. The lowest BCUT2D eigenvalue weighted by Gasteiger charge is -2.26. The van der Waals surface area contributed by atoms with Crippen molar-refractivity contribution in [1.82, 2.24) is 10.1 Å². The van der Waals surface area contributed by atoms with Gasteiger partial charge in [-0.25, -0.2) is 4.79 Å². The Morgan fingerprint density at radius 2 is 2.20 bits per heavy atom. The van der Waals surface area contributed by atoms with Gasteiger partial charge in [0, 0.05) is 24.2 Å². The van der Waals surface area contributed by atoms with Crippen molar-refractivity contribution in [2.24, 2.45) is 0 Å². The van der Waals surface area contributed by atoms with Gasteiger partial charge in [0.25, 0.3) is 0 Å². The molecule has 1 aromatic heterocycles. The van der Waals surface area contributed by atoms with Crippen molar-refractivity contribution in [1.29, 1.82) is 0 Å². The maximum absolute atomic E-state index is 12.2. The fourth-order valence-corrected chi connectivity index (χ4v) is 2.39. The summed E-state index contributed by atoms with van der Waals surface area (Å²) in [7, 11) is 0. The summed E-state index contributed by atoms with van der Waals surface area (Å²) in [4.78, 5) is 13.9. The Kier molecular flexibility index (Phi) is 3.54. The standard InChI is InChI=1S/C13H11Cl2N3O2/c14-10-2-1-9(5-11(10)15)16-13(19)18-4-3-12-8(6-18)7-20-17-12/h1-2,5,7H,3-4,6H2,(H,16,19). The van der Waals surface area contributed by atoms with Gasteiger partial charge in [-0.2, -0.15) is 0 Å². The molecule has 5 nitrogen and oxygen atoms in total. The predicted octanol–water partition coefficient (Wildman–Crippen LogP) is 3.57. The monoisotopic (exact) mass is 311 g/mol. The zero-order valence-electron chi connectivity index (χ0n) is 10.4. The smallest absolute Gasteiger partial charge is 0.322 e. The number of carbonyl (C=O) groups is 1. The highest BCUT2D eigenvalue weighted by Gasteiger charge is 2.23. The first-order valence-electron chi connectivity index (χ1n) is 6.06. The summed E-state index contributed by atoms with van der Waals surface area (Å²) in [6.07, 6.45) is 2.27. The van der Waals surface area contributed by atoms with Gasteiger partial charge in [0.15, 0.2) is 0 Å². The molecule has 1 aliphatic heterocycles. The van der Waals surface area contributed by atoms with Crippen LogP contribution in [0.5, 0.6) is 0 Å². The van der Waals surface area contributed by atoms with Crippen molar-refractivity contribution in [3.63, 3.8) is 0 Å². The summed E-state index contributed by atoms with van der Waals surface area (Å²) in [5.74, 6) is 0. The van der Waals surface area contributed by atoms with E-state index in [1.54, 1.807) is 29.4 Å². The average molecular weight is 312 g/mol. The minimum atomic E-state index is -0.185. The van der Waals surface area contributed by atoms with E-state index in [-0.39, 0.29) is 6.03 Å². The summed E-state index contributed by atoms with van der Waals surface area (Å²) in [5.41, 5.74) is 2.48. The second kappa shape index (κ2) is 5.34. The van der Waals surface area contributed by atoms with Crippen molar-refractivity contribution in [3.05, 3.63) is 45.8 Å². The Labute approximate surface area is 125 Å². The number of nitrogens with zero attached hydrogens (tertiary/aromatic N) is 2. The number of hydrogen-bond acceptors (Lipinski definition) is 3. The van der Waals surface area contributed by atoms with Crippen LogP contribution < -0.4 is 5.32 Å². The van der Waals surface area contributed by atoms with E-state index in [0.717, 1.165) is 11.3 Å². The molecule has 0 bridgehead atoms. The van der Waals surface area contributed by atoms with Gasteiger partial charge in [0.1, 0.15) is 6.26 Å². The summed E-state index contributed by atoms with van der Waals surface area (Å²) in [6.45, 7) is 1.10. The molecule has 1 aliphatic rings. The number of amides is 2. The third-order valence-electron chi connectivity index (χ3n) is 3.17. The molecule has 0 unspecified atom stereocenters. The maximum Gasteiger partial charge on any atom is 0.322 e. The number of aromatic nitrogens is 1. The fourth-order valence-electron chi connectivity index (χ4n) is 2.09. The molecule has 0 fully saturated rings. The van der Waals surface area contributed by atoms with Crippen LogP contribution in [0.2, 0.25) is 10.0 Å². The van der Waals surface area contributed by atoms with Gasteiger partial charge in [-0.05, 0) is 18.2 Å². The molecule has 0 atom stereocenters. The molecule has 3 rings (SSSR count). The van der Waals surface area contributed by atoms with Gasteiger partial charge in [-0.15, -0.1) is 0 Å². The molecule has 2 aromatic rings. The molecule has 0 aliphatic carbocycles. The molecular weight excluding hydrogens is 301 g/mol. The molecule has 1 N–H and O–H groups in total. The Balaban J connectivity index is 1.69. The van der Waals surface area contributed by atoms with Crippen molar-refractivity contribution in [3.8, 4) is 0 Å². The Hall–Kier alpha value is -1.72. The van der Waals surface area contributed by atoms with E-state index in [0.29, 0.717) is 35.2 Å². The second-order valence-corrected chi connectivity index (χ2v) is 5.33. The minimum absolute atomic E-state index is 0.185. The van der Waals surface area contributed by atoms with E-state index >= 15 is 0 Å². The zero-order valence-corrected chi connectivity index (χ0v) is 11.9. The van der Waals surface area contributed by atoms with Crippen molar-refractivity contribution < 1.29 is 9.32 Å². The van der Waals surface area contributed by atoms with Crippen LogP contribution in [-0.4, -0.2) is 22.6 Å². The Morgan fingerprint density at radius 1 is 1.35 bits per heavy atom. The van der Waals surface area contributed by atoms with E-state index < -0.39 is 0 Å².